The van der Waals surface area contributed by atoms with Crippen LogP contribution in [-0.4, -0.2) is 31.3 Å². The van der Waals surface area contributed by atoms with E-state index in [4.69, 9.17) is 15.2 Å². The first-order valence-corrected chi connectivity index (χ1v) is 8.38. The van der Waals surface area contributed by atoms with Crippen molar-refractivity contribution in [2.45, 2.75) is 18.9 Å². The number of ether oxygens (including phenoxy) is 2. The van der Waals surface area contributed by atoms with E-state index in [1.54, 1.807) is 0 Å². The molecule has 7 heteroatoms. The van der Waals surface area contributed by atoms with Crippen molar-refractivity contribution in [3.63, 3.8) is 0 Å². The maximum atomic E-state index is 12.4. The number of amides is 3. The van der Waals surface area contributed by atoms with Gasteiger partial charge in [0, 0.05) is 13.0 Å². The molecule has 0 bridgehead atoms. The second-order valence-corrected chi connectivity index (χ2v) is 5.98. The fraction of sp³-hybridized carbons (Fsp3) is 0.263. The third kappa shape index (κ3) is 4.66. The maximum absolute atomic E-state index is 12.4. The van der Waals surface area contributed by atoms with Crippen LogP contribution in [0, 0.1) is 0 Å². The van der Waals surface area contributed by atoms with E-state index in [1.165, 1.54) is 0 Å². The van der Waals surface area contributed by atoms with Crippen molar-refractivity contribution in [3.8, 4) is 11.5 Å². The van der Waals surface area contributed by atoms with Gasteiger partial charge in [0.1, 0.15) is 6.04 Å². The molecule has 26 heavy (non-hydrogen) atoms. The lowest BCUT2D eigenvalue weighted by Crippen LogP contribution is -2.50. The number of hydrogen-bond acceptors (Lipinski definition) is 4. The highest BCUT2D eigenvalue weighted by Gasteiger charge is 2.20. The molecule has 2 aromatic carbocycles. The molecule has 3 amide bonds. The van der Waals surface area contributed by atoms with Crippen molar-refractivity contribution in [3.05, 3.63) is 59.7 Å². The molecule has 3 rings (SSSR count). The number of primary amides is 1. The van der Waals surface area contributed by atoms with Crippen LogP contribution in [0.15, 0.2) is 48.5 Å². The van der Waals surface area contributed by atoms with E-state index < -0.39 is 12.1 Å². The first-order valence-electron chi connectivity index (χ1n) is 8.38. The van der Waals surface area contributed by atoms with Gasteiger partial charge in [0.05, 0.1) is 0 Å². The average Bonchev–Trinajstić information content (AvgIpc) is 3.09. The molecule has 4 N–H and O–H groups in total. The molecule has 2 aromatic rings. The lowest BCUT2D eigenvalue weighted by Gasteiger charge is -2.17. The molecule has 1 heterocycles. The number of carbonyl (C=O) groups is 2. The molecule has 0 radical (unpaired) electrons. The first kappa shape index (κ1) is 17.6. The van der Waals surface area contributed by atoms with Crippen LogP contribution in [-0.2, 0) is 17.6 Å². The number of carbonyl (C=O) groups excluding carboxylic acids is 2. The Morgan fingerprint density at radius 1 is 1.04 bits per heavy atom. The van der Waals surface area contributed by atoms with Crippen molar-refractivity contribution < 1.29 is 19.1 Å². The van der Waals surface area contributed by atoms with E-state index in [9.17, 15) is 9.59 Å². The third-order valence-electron chi connectivity index (χ3n) is 4.07. The molecule has 1 aliphatic rings. The van der Waals surface area contributed by atoms with Gasteiger partial charge in [0.15, 0.2) is 11.5 Å². The largest absolute Gasteiger partial charge is 0.454 e. The molecule has 0 fully saturated rings. The van der Waals surface area contributed by atoms with E-state index in [0.717, 1.165) is 16.9 Å². The minimum Gasteiger partial charge on any atom is -0.454 e. The number of urea groups is 1. The SMILES string of the molecule is NC(=O)N[C@@H](Cc1ccccc1)C(=O)NCCc1ccc2c(c1)OCO2. The van der Waals surface area contributed by atoms with Crippen molar-refractivity contribution >= 4 is 11.9 Å². The van der Waals surface area contributed by atoms with Crippen LogP contribution in [0.4, 0.5) is 4.79 Å². The van der Waals surface area contributed by atoms with Crippen LogP contribution in [0.25, 0.3) is 0 Å². The summed E-state index contributed by atoms with van der Waals surface area (Å²) in [6, 6.07) is 13.7. The fourth-order valence-electron chi connectivity index (χ4n) is 2.78. The maximum Gasteiger partial charge on any atom is 0.312 e. The molecule has 0 unspecified atom stereocenters. The van der Waals surface area contributed by atoms with Crippen LogP contribution in [0.3, 0.4) is 0 Å². The van der Waals surface area contributed by atoms with Gasteiger partial charge in [0.25, 0.3) is 0 Å². The summed E-state index contributed by atoms with van der Waals surface area (Å²) in [5.74, 6) is 1.17. The molecule has 0 saturated carbocycles. The molecule has 1 aliphatic heterocycles. The molecule has 0 aromatic heterocycles. The predicted octanol–water partition coefficient (Wildman–Crippen LogP) is 1.35. The molecule has 136 valence electrons. The van der Waals surface area contributed by atoms with Crippen molar-refractivity contribution in [2.24, 2.45) is 5.73 Å². The number of benzene rings is 2. The second kappa shape index (κ2) is 8.24. The Bertz CT molecular complexity index is 780. The average molecular weight is 355 g/mol. The van der Waals surface area contributed by atoms with Crippen LogP contribution in [0.1, 0.15) is 11.1 Å². The van der Waals surface area contributed by atoms with E-state index in [2.05, 4.69) is 10.6 Å². The Morgan fingerprint density at radius 3 is 2.58 bits per heavy atom. The van der Waals surface area contributed by atoms with Crippen LogP contribution < -0.4 is 25.8 Å². The zero-order valence-corrected chi connectivity index (χ0v) is 14.2. The van der Waals surface area contributed by atoms with Gasteiger partial charge in [-0.1, -0.05) is 36.4 Å². The molecule has 0 aliphatic carbocycles. The van der Waals surface area contributed by atoms with Gasteiger partial charge in [-0.05, 0) is 29.7 Å². The Kier molecular flexibility index (Phi) is 5.58. The van der Waals surface area contributed by atoms with Gasteiger partial charge >= 0.3 is 6.03 Å². The summed E-state index contributed by atoms with van der Waals surface area (Å²) in [7, 11) is 0. The van der Waals surface area contributed by atoms with Crippen LogP contribution in [0.2, 0.25) is 0 Å². The van der Waals surface area contributed by atoms with Gasteiger partial charge in [-0.3, -0.25) is 4.79 Å². The minimum atomic E-state index is -0.725. The van der Waals surface area contributed by atoms with E-state index in [0.29, 0.717) is 25.1 Å². The van der Waals surface area contributed by atoms with E-state index in [1.807, 2.05) is 48.5 Å². The van der Waals surface area contributed by atoms with Crippen molar-refractivity contribution in [1.29, 1.82) is 0 Å². The lowest BCUT2D eigenvalue weighted by molar-refractivity contribution is -0.122. The van der Waals surface area contributed by atoms with Gasteiger partial charge in [-0.25, -0.2) is 4.79 Å². The summed E-state index contributed by atoms with van der Waals surface area (Å²) in [5, 5.41) is 5.34. The summed E-state index contributed by atoms with van der Waals surface area (Å²) in [4.78, 5) is 23.6. The normalized spacial score (nSPS) is 13.1. The molecule has 7 nitrogen and oxygen atoms in total. The number of nitrogens with one attached hydrogen (secondary N) is 2. The Labute approximate surface area is 151 Å². The highest BCUT2D eigenvalue weighted by atomic mass is 16.7. The Hall–Kier alpha value is -3.22. The number of hydrogen-bond donors (Lipinski definition) is 3. The molecular weight excluding hydrogens is 334 g/mol. The van der Waals surface area contributed by atoms with Crippen molar-refractivity contribution in [1.82, 2.24) is 10.6 Å². The zero-order chi connectivity index (χ0) is 18.4. The van der Waals surface area contributed by atoms with Gasteiger partial charge in [-0.2, -0.15) is 0 Å². The summed E-state index contributed by atoms with van der Waals surface area (Å²) in [5.41, 5.74) is 7.17. The van der Waals surface area contributed by atoms with Gasteiger partial charge < -0.3 is 25.8 Å². The van der Waals surface area contributed by atoms with E-state index >= 15 is 0 Å². The second-order valence-electron chi connectivity index (χ2n) is 5.98. The number of nitrogens with two attached hydrogens (primary N) is 1. The quantitative estimate of drug-likeness (QED) is 0.698. The summed E-state index contributed by atoms with van der Waals surface area (Å²) in [6.45, 7) is 0.666. The summed E-state index contributed by atoms with van der Waals surface area (Å²) < 4.78 is 10.6. The Balaban J connectivity index is 1.54. The molecule has 0 spiro atoms. The van der Waals surface area contributed by atoms with E-state index in [-0.39, 0.29) is 12.7 Å². The molecule has 0 saturated heterocycles. The minimum absolute atomic E-state index is 0.232. The topological polar surface area (TPSA) is 103 Å². The van der Waals surface area contributed by atoms with Crippen molar-refractivity contribution in [2.75, 3.05) is 13.3 Å². The zero-order valence-electron chi connectivity index (χ0n) is 14.2. The fourth-order valence-corrected chi connectivity index (χ4v) is 2.78. The predicted molar refractivity (Wildman–Crippen MR) is 95.9 cm³/mol. The Morgan fingerprint density at radius 2 is 1.81 bits per heavy atom. The highest BCUT2D eigenvalue weighted by Crippen LogP contribution is 2.32. The summed E-state index contributed by atoms with van der Waals surface area (Å²) in [6.07, 6.45) is 1.01. The van der Waals surface area contributed by atoms with Crippen LogP contribution in [0.5, 0.6) is 11.5 Å². The summed E-state index contributed by atoms with van der Waals surface area (Å²) >= 11 is 0. The lowest BCUT2D eigenvalue weighted by atomic mass is 10.1. The van der Waals surface area contributed by atoms with Gasteiger partial charge in [0.2, 0.25) is 12.7 Å². The monoisotopic (exact) mass is 355 g/mol. The molecule has 1 atom stereocenters. The molecular formula is C19H21N3O4. The highest BCUT2D eigenvalue weighted by molar-refractivity contribution is 5.86. The number of rotatable bonds is 7. The smallest absolute Gasteiger partial charge is 0.312 e. The standard InChI is InChI=1S/C19H21N3O4/c20-19(24)22-15(10-13-4-2-1-3-5-13)18(23)21-9-8-14-6-7-16-17(11-14)26-12-25-16/h1-7,11,15H,8-10,12H2,(H,21,23)(H3,20,22,24)/t15-/m0/s1. The number of fused-ring (bicyclic) bond motifs is 1. The third-order valence-corrected chi connectivity index (χ3v) is 4.07. The first-order chi connectivity index (χ1) is 12.6. The van der Waals surface area contributed by atoms with Gasteiger partial charge in [-0.15, -0.1) is 0 Å². The van der Waals surface area contributed by atoms with Crippen LogP contribution >= 0.6 is 0 Å².